The van der Waals surface area contributed by atoms with Gasteiger partial charge in [0.05, 0.1) is 21.1 Å². The van der Waals surface area contributed by atoms with Crippen LogP contribution in [0.5, 0.6) is 5.75 Å². The number of halogens is 3. The molecule has 2 aromatic rings. The number of benzene rings is 2. The first-order valence-corrected chi connectivity index (χ1v) is 6.53. The highest BCUT2D eigenvalue weighted by molar-refractivity contribution is 9.10. The van der Waals surface area contributed by atoms with E-state index in [9.17, 15) is 4.39 Å². The van der Waals surface area contributed by atoms with Gasteiger partial charge in [-0.3, -0.25) is 0 Å². The molecule has 0 saturated carbocycles. The zero-order chi connectivity index (χ0) is 13.8. The molecule has 0 fully saturated rings. The Labute approximate surface area is 123 Å². The van der Waals surface area contributed by atoms with Crippen molar-refractivity contribution in [3.05, 3.63) is 62.8 Å². The zero-order valence-corrected chi connectivity index (χ0v) is 12.0. The second kappa shape index (κ2) is 6.05. The van der Waals surface area contributed by atoms with Crippen molar-refractivity contribution in [1.29, 1.82) is 5.26 Å². The summed E-state index contributed by atoms with van der Waals surface area (Å²) < 4.78 is 19.0. The first kappa shape index (κ1) is 13.9. The molecule has 0 heterocycles. The van der Waals surface area contributed by atoms with Crippen LogP contribution in [0, 0.1) is 17.1 Å². The van der Waals surface area contributed by atoms with Crippen LogP contribution in [0.15, 0.2) is 40.9 Å². The SMILES string of the molecule is N#Cc1ccc(OCc2ccc(F)c(Br)c2)c(Cl)c1. The molecule has 0 aromatic heterocycles. The average molecular weight is 341 g/mol. The Morgan fingerprint density at radius 1 is 1.26 bits per heavy atom. The molecule has 0 aliphatic heterocycles. The van der Waals surface area contributed by atoms with Crippen LogP contribution in [-0.4, -0.2) is 0 Å². The maximum Gasteiger partial charge on any atom is 0.138 e. The highest BCUT2D eigenvalue weighted by Crippen LogP contribution is 2.26. The maximum absolute atomic E-state index is 13.1. The standard InChI is InChI=1S/C14H8BrClFNO/c15-11-5-10(1-3-13(11)17)8-19-14-4-2-9(7-18)6-12(14)16/h1-6H,8H2. The summed E-state index contributed by atoms with van der Waals surface area (Å²) in [6.07, 6.45) is 0. The van der Waals surface area contributed by atoms with Crippen LogP contribution in [0.4, 0.5) is 4.39 Å². The monoisotopic (exact) mass is 339 g/mol. The molecule has 0 saturated heterocycles. The van der Waals surface area contributed by atoms with E-state index in [1.807, 2.05) is 6.07 Å². The lowest BCUT2D eigenvalue weighted by Crippen LogP contribution is -1.96. The summed E-state index contributed by atoms with van der Waals surface area (Å²) in [7, 11) is 0. The number of rotatable bonds is 3. The van der Waals surface area contributed by atoms with Gasteiger partial charge in [-0.05, 0) is 51.8 Å². The van der Waals surface area contributed by atoms with E-state index < -0.39 is 0 Å². The van der Waals surface area contributed by atoms with E-state index in [0.717, 1.165) is 5.56 Å². The van der Waals surface area contributed by atoms with Crippen LogP contribution >= 0.6 is 27.5 Å². The minimum Gasteiger partial charge on any atom is -0.487 e. The lowest BCUT2D eigenvalue weighted by atomic mass is 10.2. The summed E-state index contributed by atoms with van der Waals surface area (Å²) in [5.74, 6) is 0.168. The molecule has 0 radical (unpaired) electrons. The van der Waals surface area contributed by atoms with Gasteiger partial charge in [0.15, 0.2) is 0 Å². The van der Waals surface area contributed by atoms with Gasteiger partial charge in [-0.2, -0.15) is 5.26 Å². The maximum atomic E-state index is 13.1. The molecule has 0 bridgehead atoms. The third kappa shape index (κ3) is 3.46. The van der Waals surface area contributed by atoms with E-state index in [4.69, 9.17) is 21.6 Å². The Bertz CT molecular complexity index is 654. The van der Waals surface area contributed by atoms with Crippen LogP contribution in [0.2, 0.25) is 5.02 Å². The number of hydrogen-bond donors (Lipinski definition) is 0. The Kier molecular flexibility index (Phi) is 4.41. The number of ether oxygens (including phenoxy) is 1. The smallest absolute Gasteiger partial charge is 0.138 e. The minimum atomic E-state index is -0.319. The summed E-state index contributed by atoms with van der Waals surface area (Å²) in [6.45, 7) is 0.268. The van der Waals surface area contributed by atoms with Crippen LogP contribution in [0.1, 0.15) is 11.1 Å². The molecule has 0 unspecified atom stereocenters. The summed E-state index contributed by atoms with van der Waals surface area (Å²) in [5.41, 5.74) is 1.29. The Morgan fingerprint density at radius 2 is 2.05 bits per heavy atom. The van der Waals surface area contributed by atoms with Crippen molar-refractivity contribution in [2.75, 3.05) is 0 Å². The van der Waals surface area contributed by atoms with Crippen molar-refractivity contribution in [3.63, 3.8) is 0 Å². The van der Waals surface area contributed by atoms with Crippen LogP contribution in [0.25, 0.3) is 0 Å². The fourth-order valence-corrected chi connectivity index (χ4v) is 2.14. The summed E-state index contributed by atoms with van der Waals surface area (Å²) in [6, 6.07) is 11.4. The van der Waals surface area contributed by atoms with Gasteiger partial charge in [-0.15, -0.1) is 0 Å². The topological polar surface area (TPSA) is 33.0 Å². The largest absolute Gasteiger partial charge is 0.487 e. The van der Waals surface area contributed by atoms with Gasteiger partial charge < -0.3 is 4.74 Å². The molecule has 0 spiro atoms. The van der Waals surface area contributed by atoms with Crippen LogP contribution < -0.4 is 4.74 Å². The molecule has 0 aliphatic carbocycles. The molecule has 0 N–H and O–H groups in total. The first-order chi connectivity index (χ1) is 9.10. The van der Waals surface area contributed by atoms with Gasteiger partial charge in [0.2, 0.25) is 0 Å². The van der Waals surface area contributed by atoms with Crippen molar-refractivity contribution in [2.45, 2.75) is 6.61 Å². The number of nitriles is 1. The predicted molar refractivity (Wildman–Crippen MR) is 74.6 cm³/mol. The fraction of sp³-hybridized carbons (Fsp3) is 0.0714. The van der Waals surface area contributed by atoms with Crippen LogP contribution in [0.3, 0.4) is 0 Å². The van der Waals surface area contributed by atoms with Gasteiger partial charge in [0.25, 0.3) is 0 Å². The van der Waals surface area contributed by atoms with Crippen molar-refractivity contribution in [1.82, 2.24) is 0 Å². The molecule has 96 valence electrons. The van der Waals surface area contributed by atoms with Crippen molar-refractivity contribution < 1.29 is 9.13 Å². The summed E-state index contributed by atoms with van der Waals surface area (Å²) in [4.78, 5) is 0. The Hall–Kier alpha value is -1.57. The van der Waals surface area contributed by atoms with Crippen LogP contribution in [-0.2, 0) is 6.61 Å². The Balaban J connectivity index is 2.10. The molecule has 19 heavy (non-hydrogen) atoms. The van der Waals surface area contributed by atoms with Gasteiger partial charge in [0, 0.05) is 0 Å². The highest BCUT2D eigenvalue weighted by Gasteiger charge is 2.05. The van der Waals surface area contributed by atoms with E-state index in [1.54, 1.807) is 24.3 Å². The molecule has 0 aliphatic rings. The fourth-order valence-electron chi connectivity index (χ4n) is 1.48. The van der Waals surface area contributed by atoms with Crippen molar-refractivity contribution in [3.8, 4) is 11.8 Å². The predicted octanol–water partition coefficient (Wildman–Crippen LogP) is 4.69. The quantitative estimate of drug-likeness (QED) is 0.812. The molecule has 2 aromatic carbocycles. The molecule has 0 atom stereocenters. The lowest BCUT2D eigenvalue weighted by Gasteiger charge is -2.08. The van der Waals surface area contributed by atoms with E-state index in [0.29, 0.717) is 20.8 Å². The van der Waals surface area contributed by atoms with E-state index >= 15 is 0 Å². The molecule has 5 heteroatoms. The lowest BCUT2D eigenvalue weighted by molar-refractivity contribution is 0.306. The van der Waals surface area contributed by atoms with E-state index in [-0.39, 0.29) is 12.4 Å². The Morgan fingerprint density at radius 3 is 2.68 bits per heavy atom. The third-order valence-electron chi connectivity index (χ3n) is 2.44. The zero-order valence-electron chi connectivity index (χ0n) is 9.66. The van der Waals surface area contributed by atoms with Gasteiger partial charge in [-0.25, -0.2) is 4.39 Å². The highest BCUT2D eigenvalue weighted by atomic mass is 79.9. The second-order valence-electron chi connectivity index (χ2n) is 3.79. The third-order valence-corrected chi connectivity index (χ3v) is 3.34. The molecule has 2 rings (SSSR count). The number of hydrogen-bond acceptors (Lipinski definition) is 2. The van der Waals surface area contributed by atoms with Crippen molar-refractivity contribution >= 4 is 27.5 Å². The normalized spacial score (nSPS) is 10.0. The molecular formula is C14H8BrClFNO. The second-order valence-corrected chi connectivity index (χ2v) is 5.06. The van der Waals surface area contributed by atoms with Crippen molar-refractivity contribution in [2.24, 2.45) is 0 Å². The first-order valence-electron chi connectivity index (χ1n) is 5.36. The van der Waals surface area contributed by atoms with Gasteiger partial charge in [-0.1, -0.05) is 17.7 Å². The molecular weight excluding hydrogens is 333 g/mol. The summed E-state index contributed by atoms with van der Waals surface area (Å²) >= 11 is 9.10. The number of nitrogens with zero attached hydrogens (tertiary/aromatic N) is 1. The minimum absolute atomic E-state index is 0.268. The molecule has 2 nitrogen and oxygen atoms in total. The van der Waals surface area contributed by atoms with Gasteiger partial charge in [0.1, 0.15) is 18.2 Å². The average Bonchev–Trinajstić information content (AvgIpc) is 2.41. The van der Waals surface area contributed by atoms with Gasteiger partial charge >= 0.3 is 0 Å². The molecule has 0 amide bonds. The van der Waals surface area contributed by atoms with E-state index in [2.05, 4.69) is 15.9 Å². The van der Waals surface area contributed by atoms with E-state index in [1.165, 1.54) is 12.1 Å². The summed E-state index contributed by atoms with van der Waals surface area (Å²) in [5, 5.41) is 9.10.